The summed E-state index contributed by atoms with van der Waals surface area (Å²) in [5.41, 5.74) is 0. The fourth-order valence-electron chi connectivity index (χ4n) is 0. The van der Waals surface area contributed by atoms with Crippen molar-refractivity contribution in [1.82, 2.24) is 0 Å². The molecule has 0 spiro atoms. The number of aliphatic hydroxyl groups excluding tert-OH is 1. The van der Waals surface area contributed by atoms with Gasteiger partial charge in [0, 0.05) is 29.6 Å². The maximum atomic E-state index is 7.64. The van der Waals surface area contributed by atoms with Crippen molar-refractivity contribution in [3.63, 3.8) is 0 Å². The van der Waals surface area contributed by atoms with Crippen molar-refractivity contribution < 1.29 is 5.11 Å². The molecular formula is C3H4NaO. The van der Waals surface area contributed by atoms with Gasteiger partial charge >= 0.3 is 0 Å². The van der Waals surface area contributed by atoms with Crippen LogP contribution >= 0.6 is 0 Å². The second-order valence-electron chi connectivity index (χ2n) is 0.362. The summed E-state index contributed by atoms with van der Waals surface area (Å²) < 4.78 is 0. The van der Waals surface area contributed by atoms with Crippen molar-refractivity contribution in [3.05, 3.63) is 0 Å². The Kier molecular flexibility index (Phi) is 16.1. The van der Waals surface area contributed by atoms with E-state index in [1.54, 1.807) is 0 Å². The van der Waals surface area contributed by atoms with Crippen molar-refractivity contribution in [2.75, 3.05) is 6.61 Å². The predicted molar refractivity (Wildman–Crippen MR) is 21.7 cm³/mol. The van der Waals surface area contributed by atoms with Crippen LogP contribution in [0.4, 0.5) is 0 Å². The fraction of sp³-hybridized carbons (Fsp3) is 0.333. The van der Waals surface area contributed by atoms with Crippen LogP contribution in [0.5, 0.6) is 0 Å². The van der Waals surface area contributed by atoms with E-state index in [0.29, 0.717) is 0 Å². The van der Waals surface area contributed by atoms with Gasteiger partial charge in [-0.2, -0.15) is 0 Å². The third-order valence-corrected chi connectivity index (χ3v) is 0.0913. The van der Waals surface area contributed by atoms with Crippen molar-refractivity contribution in [1.29, 1.82) is 0 Å². The SMILES string of the molecule is C#CCO.[Na]. The van der Waals surface area contributed by atoms with Crippen LogP contribution in [0.1, 0.15) is 0 Å². The molecule has 0 rings (SSSR count). The van der Waals surface area contributed by atoms with Crippen molar-refractivity contribution in [2.24, 2.45) is 0 Å². The first-order valence-electron chi connectivity index (χ1n) is 0.958. The fourth-order valence-corrected chi connectivity index (χ4v) is 0. The summed E-state index contributed by atoms with van der Waals surface area (Å²) in [4.78, 5) is 0. The van der Waals surface area contributed by atoms with Gasteiger partial charge in [-0.1, -0.05) is 5.92 Å². The van der Waals surface area contributed by atoms with Crippen LogP contribution in [0.25, 0.3) is 0 Å². The van der Waals surface area contributed by atoms with Crippen LogP contribution in [0.3, 0.4) is 0 Å². The summed E-state index contributed by atoms with van der Waals surface area (Å²) in [5, 5.41) is 7.64. The summed E-state index contributed by atoms with van der Waals surface area (Å²) in [5.74, 6) is 1.99. The Morgan fingerprint density at radius 1 is 1.80 bits per heavy atom. The van der Waals surface area contributed by atoms with Crippen LogP contribution in [0, 0.1) is 12.3 Å². The van der Waals surface area contributed by atoms with Crippen LogP contribution in [-0.2, 0) is 0 Å². The molecule has 0 aliphatic heterocycles. The Bertz CT molecular complexity index is 36.6. The Hall–Kier alpha value is 0.520. The molecule has 0 aromatic rings. The van der Waals surface area contributed by atoms with E-state index in [1.807, 2.05) is 5.92 Å². The topological polar surface area (TPSA) is 20.2 Å². The first-order valence-corrected chi connectivity index (χ1v) is 0.958. The first kappa shape index (κ1) is 9.10. The van der Waals surface area contributed by atoms with Crippen molar-refractivity contribution in [2.45, 2.75) is 0 Å². The molecule has 0 saturated heterocycles. The molecule has 23 valence electrons. The Labute approximate surface area is 53.7 Å². The summed E-state index contributed by atoms with van der Waals surface area (Å²) in [6.45, 7) is -0.153. The van der Waals surface area contributed by atoms with Gasteiger partial charge < -0.3 is 5.11 Å². The number of terminal acetylenes is 1. The largest absolute Gasteiger partial charge is 0.384 e. The molecule has 0 fully saturated rings. The molecular weight excluding hydrogens is 75.0 g/mol. The van der Waals surface area contributed by atoms with Gasteiger partial charge in [0.2, 0.25) is 0 Å². The number of aliphatic hydroxyl groups is 1. The molecule has 0 heterocycles. The first-order chi connectivity index (χ1) is 1.91. The third-order valence-electron chi connectivity index (χ3n) is 0.0913. The monoisotopic (exact) mass is 79.0 g/mol. The summed E-state index contributed by atoms with van der Waals surface area (Å²) >= 11 is 0. The second kappa shape index (κ2) is 8.82. The molecule has 0 aliphatic carbocycles. The van der Waals surface area contributed by atoms with Gasteiger partial charge in [-0.3, -0.25) is 0 Å². The minimum atomic E-state index is -0.153. The van der Waals surface area contributed by atoms with Gasteiger partial charge in [-0.25, -0.2) is 0 Å². The molecule has 5 heavy (non-hydrogen) atoms. The van der Waals surface area contributed by atoms with E-state index < -0.39 is 0 Å². The van der Waals surface area contributed by atoms with Gasteiger partial charge in [0.25, 0.3) is 0 Å². The van der Waals surface area contributed by atoms with E-state index in [9.17, 15) is 0 Å². The van der Waals surface area contributed by atoms with Gasteiger partial charge in [-0.15, -0.1) is 6.42 Å². The smallest absolute Gasteiger partial charge is 0.103 e. The zero-order valence-electron chi connectivity index (χ0n) is 3.23. The molecule has 0 unspecified atom stereocenters. The van der Waals surface area contributed by atoms with Crippen LogP contribution < -0.4 is 0 Å². The maximum absolute atomic E-state index is 7.64. The molecule has 0 amide bonds. The quantitative estimate of drug-likeness (QED) is 0.298. The van der Waals surface area contributed by atoms with Crippen LogP contribution in [-0.4, -0.2) is 41.3 Å². The van der Waals surface area contributed by atoms with E-state index in [2.05, 4.69) is 6.42 Å². The predicted octanol–water partition coefficient (Wildman–Crippen LogP) is -0.769. The Balaban J connectivity index is 0. The molecule has 0 aromatic carbocycles. The molecule has 2 heteroatoms. The Morgan fingerprint density at radius 3 is 2.00 bits per heavy atom. The normalized spacial score (nSPS) is 4.00. The van der Waals surface area contributed by atoms with E-state index in [4.69, 9.17) is 5.11 Å². The van der Waals surface area contributed by atoms with Gasteiger partial charge in [-0.05, 0) is 0 Å². The molecule has 0 saturated carbocycles. The molecule has 1 nitrogen and oxygen atoms in total. The molecule has 1 N–H and O–H groups in total. The zero-order chi connectivity index (χ0) is 3.41. The average molecular weight is 79.1 g/mol. The van der Waals surface area contributed by atoms with E-state index in [0.717, 1.165) is 0 Å². The maximum Gasteiger partial charge on any atom is 0.103 e. The second-order valence-corrected chi connectivity index (χ2v) is 0.362. The molecule has 0 atom stereocenters. The average Bonchev–Trinajstić information content (AvgIpc) is 1.37. The molecule has 1 radical (unpaired) electrons. The van der Waals surface area contributed by atoms with Crippen LogP contribution in [0.15, 0.2) is 0 Å². The number of hydrogen-bond acceptors (Lipinski definition) is 1. The van der Waals surface area contributed by atoms with Gasteiger partial charge in [0.15, 0.2) is 0 Å². The summed E-state index contributed by atoms with van der Waals surface area (Å²) in [6, 6.07) is 0. The van der Waals surface area contributed by atoms with E-state index >= 15 is 0 Å². The van der Waals surface area contributed by atoms with E-state index in [-0.39, 0.29) is 36.2 Å². The van der Waals surface area contributed by atoms with Crippen molar-refractivity contribution >= 4 is 29.6 Å². The molecule has 0 aromatic heterocycles. The van der Waals surface area contributed by atoms with Crippen LogP contribution in [0.2, 0.25) is 0 Å². The number of rotatable bonds is 0. The Morgan fingerprint density at radius 2 is 2.00 bits per heavy atom. The van der Waals surface area contributed by atoms with Crippen molar-refractivity contribution in [3.8, 4) is 12.3 Å². The zero-order valence-corrected chi connectivity index (χ0v) is 5.23. The van der Waals surface area contributed by atoms with Gasteiger partial charge in [0.1, 0.15) is 6.61 Å². The summed E-state index contributed by atoms with van der Waals surface area (Å²) in [7, 11) is 0. The standard InChI is InChI=1S/C3H4O.Na/c1-2-3-4;/h1,4H,3H2;. The summed E-state index contributed by atoms with van der Waals surface area (Å²) in [6.07, 6.45) is 4.53. The minimum absolute atomic E-state index is 0. The molecule has 0 aliphatic rings. The minimum Gasteiger partial charge on any atom is -0.384 e. The van der Waals surface area contributed by atoms with Gasteiger partial charge in [0.05, 0.1) is 0 Å². The van der Waals surface area contributed by atoms with E-state index in [1.165, 1.54) is 0 Å². The molecule has 0 bridgehead atoms. The number of hydrogen-bond donors (Lipinski definition) is 1. The third kappa shape index (κ3) is 12.4.